The summed E-state index contributed by atoms with van der Waals surface area (Å²) in [5, 5.41) is 0.918. The Kier molecular flexibility index (Phi) is 4.63. The second kappa shape index (κ2) is 7.22. The third-order valence-corrected chi connectivity index (χ3v) is 4.93. The van der Waals surface area contributed by atoms with Gasteiger partial charge in [-0.3, -0.25) is 4.79 Å². The lowest BCUT2D eigenvalue weighted by molar-refractivity contribution is 0.0754. The quantitative estimate of drug-likeness (QED) is 0.765. The van der Waals surface area contributed by atoms with Crippen LogP contribution in [-0.2, 0) is 6.61 Å². The van der Waals surface area contributed by atoms with E-state index in [4.69, 9.17) is 14.9 Å². The van der Waals surface area contributed by atoms with E-state index < -0.39 is 0 Å². The van der Waals surface area contributed by atoms with Gasteiger partial charge in [-0.1, -0.05) is 36.4 Å². The van der Waals surface area contributed by atoms with Crippen molar-refractivity contribution >= 4 is 16.9 Å². The van der Waals surface area contributed by atoms with Gasteiger partial charge in [0, 0.05) is 24.0 Å². The molecule has 1 saturated heterocycles. The van der Waals surface area contributed by atoms with Crippen LogP contribution in [0.1, 0.15) is 22.5 Å². The number of para-hydroxylation sites is 2. The predicted molar refractivity (Wildman–Crippen MR) is 100 cm³/mol. The number of nitrogens with zero attached hydrogens (tertiary/aromatic N) is 1. The Morgan fingerprint density at radius 2 is 1.92 bits per heavy atom. The summed E-state index contributed by atoms with van der Waals surface area (Å²) >= 11 is 0. The first kappa shape index (κ1) is 16.7. The van der Waals surface area contributed by atoms with E-state index in [1.54, 1.807) is 0 Å². The summed E-state index contributed by atoms with van der Waals surface area (Å²) in [6.07, 6.45) is 0.943. The number of furan rings is 1. The first-order valence-electron chi connectivity index (χ1n) is 8.94. The predicted octanol–water partition coefficient (Wildman–Crippen LogP) is 3.43. The largest absolute Gasteiger partial charge is 0.489 e. The molecule has 0 aliphatic carbocycles. The van der Waals surface area contributed by atoms with Crippen LogP contribution in [0.25, 0.3) is 11.0 Å². The fourth-order valence-corrected chi connectivity index (χ4v) is 3.44. The van der Waals surface area contributed by atoms with Crippen molar-refractivity contribution < 1.29 is 13.9 Å². The first-order chi connectivity index (χ1) is 12.8. The monoisotopic (exact) mass is 350 g/mol. The fraction of sp³-hybridized carbons (Fsp3) is 0.286. The number of carbonyl (C=O) groups is 1. The topological polar surface area (TPSA) is 68.7 Å². The number of hydrogen-bond acceptors (Lipinski definition) is 4. The number of carbonyl (C=O) groups excluding carboxylic acids is 1. The van der Waals surface area contributed by atoms with Gasteiger partial charge in [0.2, 0.25) is 0 Å². The van der Waals surface area contributed by atoms with Crippen LogP contribution in [0, 0.1) is 5.92 Å². The first-order valence-corrected chi connectivity index (χ1v) is 8.94. The standard InChI is InChI=1S/C21H22N2O3/c22-12-15-10-11-23(13-15)21(24)20-18(14-25-16-6-2-1-3-7-16)17-8-4-5-9-19(17)26-20/h1-9,15H,10-14,22H2. The third kappa shape index (κ3) is 3.18. The van der Waals surface area contributed by atoms with Gasteiger partial charge in [0.25, 0.3) is 5.91 Å². The van der Waals surface area contributed by atoms with Gasteiger partial charge >= 0.3 is 0 Å². The van der Waals surface area contributed by atoms with E-state index in [1.165, 1.54) is 0 Å². The Balaban J connectivity index is 1.64. The average molecular weight is 350 g/mol. The number of nitrogens with two attached hydrogens (primary N) is 1. The van der Waals surface area contributed by atoms with Gasteiger partial charge in [0.15, 0.2) is 5.76 Å². The highest BCUT2D eigenvalue weighted by molar-refractivity contribution is 5.99. The molecule has 2 heterocycles. The third-order valence-electron chi connectivity index (χ3n) is 4.93. The van der Waals surface area contributed by atoms with Crippen LogP contribution < -0.4 is 10.5 Å². The van der Waals surface area contributed by atoms with Crippen LogP contribution in [0.5, 0.6) is 5.75 Å². The van der Waals surface area contributed by atoms with Crippen LogP contribution >= 0.6 is 0 Å². The minimum absolute atomic E-state index is 0.0798. The summed E-state index contributed by atoms with van der Waals surface area (Å²) < 4.78 is 11.8. The van der Waals surface area contributed by atoms with Crippen molar-refractivity contribution in [3.05, 3.63) is 65.9 Å². The molecule has 0 bridgehead atoms. The zero-order valence-electron chi connectivity index (χ0n) is 14.6. The highest BCUT2D eigenvalue weighted by atomic mass is 16.5. The second-order valence-corrected chi connectivity index (χ2v) is 6.65. The van der Waals surface area contributed by atoms with E-state index in [0.717, 1.165) is 29.7 Å². The molecule has 134 valence electrons. The Bertz CT molecular complexity index is 904. The number of rotatable bonds is 5. The van der Waals surface area contributed by atoms with Gasteiger partial charge in [-0.05, 0) is 37.1 Å². The van der Waals surface area contributed by atoms with E-state index in [-0.39, 0.29) is 12.5 Å². The molecule has 2 aromatic carbocycles. The highest BCUT2D eigenvalue weighted by Gasteiger charge is 2.30. The minimum Gasteiger partial charge on any atom is -0.489 e. The number of fused-ring (bicyclic) bond motifs is 1. The van der Waals surface area contributed by atoms with Crippen molar-refractivity contribution in [2.45, 2.75) is 13.0 Å². The van der Waals surface area contributed by atoms with E-state index >= 15 is 0 Å². The molecule has 3 aromatic rings. The molecular formula is C21H22N2O3. The number of amides is 1. The molecule has 1 fully saturated rings. The summed E-state index contributed by atoms with van der Waals surface area (Å²) in [6, 6.07) is 17.3. The Hall–Kier alpha value is -2.79. The van der Waals surface area contributed by atoms with Crippen LogP contribution in [0.15, 0.2) is 59.0 Å². The van der Waals surface area contributed by atoms with Gasteiger partial charge in [0.1, 0.15) is 17.9 Å². The fourth-order valence-electron chi connectivity index (χ4n) is 3.44. The molecule has 1 amide bonds. The zero-order valence-corrected chi connectivity index (χ0v) is 14.6. The lowest BCUT2D eigenvalue weighted by Gasteiger charge is -2.15. The van der Waals surface area contributed by atoms with Gasteiger partial charge in [-0.25, -0.2) is 0 Å². The number of ether oxygens (including phenoxy) is 1. The number of benzene rings is 2. The molecule has 1 aliphatic heterocycles. The van der Waals surface area contributed by atoms with Gasteiger partial charge < -0.3 is 19.8 Å². The molecule has 4 rings (SSSR count). The molecule has 5 heteroatoms. The van der Waals surface area contributed by atoms with E-state index in [9.17, 15) is 4.79 Å². The van der Waals surface area contributed by atoms with Crippen molar-refractivity contribution in [3.63, 3.8) is 0 Å². The molecule has 0 spiro atoms. The SMILES string of the molecule is NCC1CCN(C(=O)c2oc3ccccc3c2COc2ccccc2)C1. The van der Waals surface area contributed by atoms with Crippen LogP contribution in [0.4, 0.5) is 0 Å². The maximum atomic E-state index is 13.0. The second-order valence-electron chi connectivity index (χ2n) is 6.65. The summed E-state index contributed by atoms with van der Waals surface area (Å²) in [7, 11) is 0. The van der Waals surface area contributed by atoms with E-state index in [1.807, 2.05) is 59.5 Å². The molecule has 0 radical (unpaired) electrons. The summed E-state index contributed by atoms with van der Waals surface area (Å²) in [4.78, 5) is 14.9. The molecule has 1 aliphatic rings. The summed E-state index contributed by atoms with van der Waals surface area (Å²) in [5.41, 5.74) is 7.26. The Morgan fingerprint density at radius 1 is 1.15 bits per heavy atom. The molecule has 1 aromatic heterocycles. The average Bonchev–Trinajstić information content (AvgIpc) is 3.31. The van der Waals surface area contributed by atoms with Gasteiger partial charge in [-0.15, -0.1) is 0 Å². The molecule has 1 atom stereocenters. The van der Waals surface area contributed by atoms with Gasteiger partial charge in [-0.2, -0.15) is 0 Å². The number of likely N-dealkylation sites (tertiary alicyclic amines) is 1. The molecule has 5 nitrogen and oxygen atoms in total. The Morgan fingerprint density at radius 3 is 2.69 bits per heavy atom. The van der Waals surface area contributed by atoms with Crippen molar-refractivity contribution in [2.75, 3.05) is 19.6 Å². The molecule has 26 heavy (non-hydrogen) atoms. The van der Waals surface area contributed by atoms with Crippen molar-refractivity contribution in [3.8, 4) is 5.75 Å². The van der Waals surface area contributed by atoms with Crippen LogP contribution in [-0.4, -0.2) is 30.4 Å². The molecule has 2 N–H and O–H groups in total. The molecule has 1 unspecified atom stereocenters. The van der Waals surface area contributed by atoms with E-state index in [2.05, 4.69) is 0 Å². The van der Waals surface area contributed by atoms with Crippen molar-refractivity contribution in [1.82, 2.24) is 4.90 Å². The Labute approximate surface area is 152 Å². The number of hydrogen-bond donors (Lipinski definition) is 1. The van der Waals surface area contributed by atoms with Crippen molar-refractivity contribution in [1.29, 1.82) is 0 Å². The zero-order chi connectivity index (χ0) is 17.9. The maximum absolute atomic E-state index is 13.0. The molecular weight excluding hydrogens is 328 g/mol. The lowest BCUT2D eigenvalue weighted by Crippen LogP contribution is -2.30. The normalized spacial score (nSPS) is 17.0. The minimum atomic E-state index is -0.0798. The van der Waals surface area contributed by atoms with Crippen LogP contribution in [0.3, 0.4) is 0 Å². The van der Waals surface area contributed by atoms with Gasteiger partial charge in [0.05, 0.1) is 0 Å². The van der Waals surface area contributed by atoms with E-state index in [0.29, 0.717) is 30.4 Å². The smallest absolute Gasteiger partial charge is 0.290 e. The summed E-state index contributed by atoms with van der Waals surface area (Å²) in [5.74, 6) is 1.43. The van der Waals surface area contributed by atoms with Crippen molar-refractivity contribution in [2.24, 2.45) is 11.7 Å². The molecule has 0 saturated carbocycles. The highest BCUT2D eigenvalue weighted by Crippen LogP contribution is 2.29. The van der Waals surface area contributed by atoms with Crippen LogP contribution in [0.2, 0.25) is 0 Å². The lowest BCUT2D eigenvalue weighted by atomic mass is 10.1. The maximum Gasteiger partial charge on any atom is 0.290 e. The summed E-state index contributed by atoms with van der Waals surface area (Å²) in [6.45, 7) is 2.30.